The van der Waals surface area contributed by atoms with Crippen LogP contribution in [0.1, 0.15) is 15.9 Å². The molecule has 6 heteroatoms. The lowest BCUT2D eigenvalue weighted by atomic mass is 10.1. The summed E-state index contributed by atoms with van der Waals surface area (Å²) in [7, 11) is 1.61. The minimum absolute atomic E-state index is 0.120. The maximum Gasteiger partial charge on any atom is 0.251 e. The predicted molar refractivity (Wildman–Crippen MR) is 85.2 cm³/mol. The Kier molecular flexibility index (Phi) is 4.40. The molecule has 6 nitrogen and oxygen atoms in total. The first-order valence-corrected chi connectivity index (χ1v) is 7.77. The third kappa shape index (κ3) is 2.98. The molecule has 22 heavy (non-hydrogen) atoms. The Morgan fingerprint density at radius 3 is 2.73 bits per heavy atom. The van der Waals surface area contributed by atoms with E-state index in [-0.39, 0.29) is 11.8 Å². The lowest BCUT2D eigenvalue weighted by molar-refractivity contribution is -0.119. The number of fused-ring (bicyclic) bond motifs is 1. The number of benzene rings is 1. The van der Waals surface area contributed by atoms with Gasteiger partial charge in [-0.05, 0) is 24.1 Å². The van der Waals surface area contributed by atoms with Gasteiger partial charge in [0.05, 0.1) is 6.54 Å². The minimum Gasteiger partial charge on any atom is -0.355 e. The molecule has 2 aliphatic rings. The summed E-state index contributed by atoms with van der Waals surface area (Å²) in [5.74, 6) is -0.00101. The minimum atomic E-state index is -0.121. The van der Waals surface area contributed by atoms with Crippen LogP contribution in [0.25, 0.3) is 0 Å². The number of carbonyl (C=O) groups is 2. The fourth-order valence-electron chi connectivity index (χ4n) is 3.07. The molecule has 0 radical (unpaired) electrons. The molecule has 1 fully saturated rings. The van der Waals surface area contributed by atoms with Crippen molar-refractivity contribution in [3.8, 4) is 0 Å². The normalized spacial score (nSPS) is 18.1. The molecule has 0 saturated carbocycles. The summed E-state index contributed by atoms with van der Waals surface area (Å²) >= 11 is 0. The van der Waals surface area contributed by atoms with E-state index in [2.05, 4.69) is 15.5 Å². The predicted octanol–water partition coefficient (Wildman–Crippen LogP) is -0.159. The highest BCUT2D eigenvalue weighted by Crippen LogP contribution is 2.29. The highest BCUT2D eigenvalue weighted by atomic mass is 16.2. The third-order valence-corrected chi connectivity index (χ3v) is 4.34. The smallest absolute Gasteiger partial charge is 0.251 e. The van der Waals surface area contributed by atoms with Crippen LogP contribution in [0.2, 0.25) is 0 Å². The average Bonchev–Trinajstić information content (AvgIpc) is 2.98. The number of piperazine rings is 1. The molecule has 0 atom stereocenters. The number of anilines is 1. The fraction of sp³-hybridized carbons (Fsp3) is 0.500. The Hall–Kier alpha value is -1.92. The van der Waals surface area contributed by atoms with E-state index in [1.165, 1.54) is 0 Å². The van der Waals surface area contributed by atoms with Crippen molar-refractivity contribution in [1.29, 1.82) is 0 Å². The topological polar surface area (TPSA) is 64.7 Å². The number of nitrogens with zero attached hydrogens (tertiary/aromatic N) is 2. The number of hydrogen-bond donors (Lipinski definition) is 2. The third-order valence-electron chi connectivity index (χ3n) is 4.34. The summed E-state index contributed by atoms with van der Waals surface area (Å²) in [6.45, 7) is 4.84. The van der Waals surface area contributed by atoms with Gasteiger partial charge < -0.3 is 15.5 Å². The zero-order chi connectivity index (χ0) is 15.5. The molecule has 1 aromatic carbocycles. The van der Waals surface area contributed by atoms with Crippen molar-refractivity contribution in [2.24, 2.45) is 0 Å². The van der Waals surface area contributed by atoms with Gasteiger partial charge in [0, 0.05) is 51.0 Å². The van der Waals surface area contributed by atoms with Gasteiger partial charge in [-0.25, -0.2) is 0 Å². The van der Waals surface area contributed by atoms with Crippen LogP contribution in [0.15, 0.2) is 18.2 Å². The second kappa shape index (κ2) is 6.46. The van der Waals surface area contributed by atoms with Crippen molar-refractivity contribution >= 4 is 17.5 Å². The highest BCUT2D eigenvalue weighted by molar-refractivity contribution is 6.00. The molecule has 0 unspecified atom stereocenters. The van der Waals surface area contributed by atoms with Crippen LogP contribution in [-0.2, 0) is 11.2 Å². The van der Waals surface area contributed by atoms with Crippen LogP contribution >= 0.6 is 0 Å². The quantitative estimate of drug-likeness (QED) is 0.814. The van der Waals surface area contributed by atoms with Gasteiger partial charge in [-0.2, -0.15) is 0 Å². The average molecular weight is 302 g/mol. The molecule has 0 bridgehead atoms. The molecule has 0 spiro atoms. The van der Waals surface area contributed by atoms with Gasteiger partial charge in [-0.15, -0.1) is 0 Å². The van der Waals surface area contributed by atoms with Crippen molar-refractivity contribution < 1.29 is 9.59 Å². The van der Waals surface area contributed by atoms with E-state index < -0.39 is 0 Å². The number of amides is 2. The van der Waals surface area contributed by atoms with Gasteiger partial charge in [0.25, 0.3) is 5.91 Å². The Balaban J connectivity index is 1.74. The largest absolute Gasteiger partial charge is 0.355 e. The summed E-state index contributed by atoms with van der Waals surface area (Å²) in [6, 6.07) is 5.61. The summed E-state index contributed by atoms with van der Waals surface area (Å²) in [5.41, 5.74) is 2.63. The molecule has 1 saturated heterocycles. The summed E-state index contributed by atoms with van der Waals surface area (Å²) < 4.78 is 0. The van der Waals surface area contributed by atoms with E-state index in [9.17, 15) is 9.59 Å². The van der Waals surface area contributed by atoms with Crippen LogP contribution in [-0.4, -0.2) is 63.0 Å². The zero-order valence-corrected chi connectivity index (χ0v) is 12.9. The van der Waals surface area contributed by atoms with E-state index in [0.29, 0.717) is 18.7 Å². The van der Waals surface area contributed by atoms with Crippen LogP contribution in [0.3, 0.4) is 0 Å². The number of hydrogen-bond acceptors (Lipinski definition) is 4. The number of nitrogens with one attached hydrogen (secondary N) is 2. The van der Waals surface area contributed by atoms with E-state index in [1.807, 2.05) is 23.1 Å². The molecule has 2 amide bonds. The standard InChI is InChI=1S/C16H22N4O2/c1-17-16(22)13-3-2-12-4-7-20(14(12)10-13)15(21)11-19-8-5-18-6-9-19/h2-3,10,18H,4-9,11H2,1H3,(H,17,22). The van der Waals surface area contributed by atoms with Crippen molar-refractivity contribution in [3.05, 3.63) is 29.3 Å². The molecule has 118 valence electrons. The van der Waals surface area contributed by atoms with Crippen LogP contribution in [0, 0.1) is 0 Å². The molecule has 0 aromatic heterocycles. The first-order chi connectivity index (χ1) is 10.7. The maximum absolute atomic E-state index is 12.6. The van der Waals surface area contributed by atoms with E-state index >= 15 is 0 Å². The first-order valence-electron chi connectivity index (χ1n) is 7.77. The van der Waals surface area contributed by atoms with Crippen LogP contribution in [0.4, 0.5) is 5.69 Å². The van der Waals surface area contributed by atoms with Crippen molar-refractivity contribution in [2.45, 2.75) is 6.42 Å². The Morgan fingerprint density at radius 1 is 1.23 bits per heavy atom. The summed E-state index contributed by atoms with van der Waals surface area (Å²) in [6.07, 6.45) is 0.858. The summed E-state index contributed by atoms with van der Waals surface area (Å²) in [5, 5.41) is 5.91. The van der Waals surface area contributed by atoms with Gasteiger partial charge in [-0.1, -0.05) is 6.07 Å². The Morgan fingerprint density at radius 2 is 2.00 bits per heavy atom. The van der Waals surface area contributed by atoms with Crippen LogP contribution < -0.4 is 15.5 Å². The molecule has 0 aliphatic carbocycles. The molecule has 1 aromatic rings. The second-order valence-corrected chi connectivity index (χ2v) is 5.74. The molecular formula is C16H22N4O2. The number of carbonyl (C=O) groups excluding carboxylic acids is 2. The zero-order valence-electron chi connectivity index (χ0n) is 12.9. The van der Waals surface area contributed by atoms with E-state index in [0.717, 1.165) is 43.9 Å². The molecule has 2 aliphatic heterocycles. The summed E-state index contributed by atoms with van der Waals surface area (Å²) in [4.78, 5) is 28.4. The van der Waals surface area contributed by atoms with Crippen molar-refractivity contribution in [2.75, 3.05) is 51.2 Å². The lowest BCUT2D eigenvalue weighted by Crippen LogP contribution is -2.48. The number of rotatable bonds is 3. The molecule has 2 N–H and O–H groups in total. The molecular weight excluding hydrogens is 280 g/mol. The van der Waals surface area contributed by atoms with E-state index in [4.69, 9.17) is 0 Å². The van der Waals surface area contributed by atoms with Crippen molar-refractivity contribution in [1.82, 2.24) is 15.5 Å². The van der Waals surface area contributed by atoms with Gasteiger partial charge in [-0.3, -0.25) is 14.5 Å². The van der Waals surface area contributed by atoms with Gasteiger partial charge >= 0.3 is 0 Å². The highest BCUT2D eigenvalue weighted by Gasteiger charge is 2.27. The second-order valence-electron chi connectivity index (χ2n) is 5.74. The lowest BCUT2D eigenvalue weighted by Gasteiger charge is -2.28. The first kappa shape index (κ1) is 15.0. The molecule has 2 heterocycles. The monoisotopic (exact) mass is 302 g/mol. The van der Waals surface area contributed by atoms with Gasteiger partial charge in [0.15, 0.2) is 0 Å². The SMILES string of the molecule is CNC(=O)c1ccc2c(c1)N(C(=O)CN1CCNCC1)CC2. The van der Waals surface area contributed by atoms with E-state index in [1.54, 1.807) is 7.05 Å². The van der Waals surface area contributed by atoms with Gasteiger partial charge in [0.1, 0.15) is 0 Å². The molecule has 3 rings (SSSR count). The van der Waals surface area contributed by atoms with Crippen LogP contribution in [0.5, 0.6) is 0 Å². The Labute approximate surface area is 130 Å². The Bertz CT molecular complexity index is 582. The fourth-order valence-corrected chi connectivity index (χ4v) is 3.07. The van der Waals surface area contributed by atoms with Gasteiger partial charge in [0.2, 0.25) is 5.91 Å². The maximum atomic E-state index is 12.6. The van der Waals surface area contributed by atoms with Crippen molar-refractivity contribution in [3.63, 3.8) is 0 Å².